The molecule has 0 saturated heterocycles. The first kappa shape index (κ1) is 54.5. The van der Waals surface area contributed by atoms with E-state index in [1.807, 2.05) is 48.5 Å². The zero-order chi connectivity index (χ0) is 54.8. The minimum Gasteiger partial charge on any atom is -0.497 e. The highest BCUT2D eigenvalue weighted by atomic mass is 32.1. The van der Waals surface area contributed by atoms with E-state index in [9.17, 15) is 0 Å². The first-order chi connectivity index (χ1) is 38.7. The Kier molecular flexibility index (Phi) is 17.5. The molecule has 0 bridgehead atoms. The van der Waals surface area contributed by atoms with Crippen LogP contribution < -0.4 is 40.2 Å². The Bertz CT molecular complexity index is 3260. The molecule has 0 saturated carbocycles. The van der Waals surface area contributed by atoms with Crippen molar-refractivity contribution in [3.05, 3.63) is 169 Å². The van der Waals surface area contributed by atoms with Crippen LogP contribution in [-0.2, 0) is 12.8 Å². The second-order valence-corrected chi connectivity index (χ2v) is 22.3. The molecule has 0 amide bonds. The van der Waals surface area contributed by atoms with Gasteiger partial charge in [0.15, 0.2) is 0 Å². The first-order valence-electron chi connectivity index (χ1n) is 27.2. The van der Waals surface area contributed by atoms with Crippen LogP contribution in [0.15, 0.2) is 158 Å². The molecule has 0 radical (unpaired) electrons. The van der Waals surface area contributed by atoms with Gasteiger partial charge in [0.05, 0.1) is 51.5 Å². The third-order valence-corrected chi connectivity index (χ3v) is 17.6. The normalized spacial score (nSPS) is 11.3. The van der Waals surface area contributed by atoms with Crippen LogP contribution in [0.5, 0.6) is 23.0 Å². The number of ether oxygens (including phenoxy) is 4. The molecular formula is C66H68N6O4S3. The van der Waals surface area contributed by atoms with E-state index in [0.717, 1.165) is 148 Å². The fraction of sp³-hybridized carbons (Fsp3) is 0.242. The van der Waals surface area contributed by atoms with Gasteiger partial charge in [-0.05, 0) is 181 Å². The van der Waals surface area contributed by atoms with E-state index in [2.05, 4.69) is 133 Å². The van der Waals surface area contributed by atoms with Gasteiger partial charge in [-0.3, -0.25) is 0 Å². The molecule has 3 heterocycles. The van der Waals surface area contributed by atoms with Crippen molar-refractivity contribution < 1.29 is 18.9 Å². The molecule has 4 N–H and O–H groups in total. The maximum Gasteiger partial charge on any atom is 0.119 e. The zero-order valence-corrected chi connectivity index (χ0v) is 48.3. The second kappa shape index (κ2) is 25.3. The van der Waals surface area contributed by atoms with E-state index < -0.39 is 0 Å². The number of thiophene rings is 2. The summed E-state index contributed by atoms with van der Waals surface area (Å²) in [7, 11) is 6.75. The standard InChI is InChI=1S/C66H68N6O4S3/c1-7-9-11-13-15-45-41-57(43-17-21-47(22-18-43)71(49-25-33-53(73-3)34-26-49)50-27-35-54(74-4)36-28-50)77-65(45)59-61(67)62(68)60(64-63(59)69-79-70-64)66-46(16-14-12-10-8-2)42-58(78-66)44-19-23-48(24-20-44)72(51-29-37-55(75-5)38-30-51)52-31-39-56(76-6)40-32-52/h17-42H,7-16,67-68H2,1-6H3. The van der Waals surface area contributed by atoms with Crippen molar-refractivity contribution in [2.45, 2.75) is 78.1 Å². The summed E-state index contributed by atoms with van der Waals surface area (Å²) < 4.78 is 32.2. The number of hydrogen-bond donors (Lipinski definition) is 2. The topological polar surface area (TPSA) is 121 Å². The first-order valence-corrected chi connectivity index (χ1v) is 29.6. The van der Waals surface area contributed by atoms with Crippen molar-refractivity contribution in [2.75, 3.05) is 49.7 Å². The maximum atomic E-state index is 7.44. The monoisotopic (exact) mass is 1100 g/mol. The molecule has 0 aliphatic heterocycles. The van der Waals surface area contributed by atoms with Crippen LogP contribution in [0.3, 0.4) is 0 Å². The summed E-state index contributed by atoms with van der Waals surface area (Å²) >= 11 is 4.74. The molecule has 10 rings (SSSR count). The number of aryl methyl sites for hydroxylation is 2. The number of rotatable bonds is 24. The van der Waals surface area contributed by atoms with Crippen LogP contribution in [0.2, 0.25) is 0 Å². The highest BCUT2D eigenvalue weighted by Crippen LogP contribution is 2.52. The summed E-state index contributed by atoms with van der Waals surface area (Å²) in [6, 6.07) is 54.9. The number of benzene rings is 7. The second-order valence-electron chi connectivity index (χ2n) is 19.6. The van der Waals surface area contributed by atoms with Gasteiger partial charge in [-0.1, -0.05) is 76.6 Å². The molecule has 0 aliphatic carbocycles. The van der Waals surface area contributed by atoms with Crippen molar-refractivity contribution >= 4 is 90.9 Å². The van der Waals surface area contributed by atoms with Crippen LogP contribution in [0, 0.1) is 0 Å². The fourth-order valence-corrected chi connectivity index (χ4v) is 13.4. The van der Waals surface area contributed by atoms with Crippen molar-refractivity contribution in [1.29, 1.82) is 0 Å². The Balaban J connectivity index is 1.02. The lowest BCUT2D eigenvalue weighted by molar-refractivity contribution is 0.414. The van der Waals surface area contributed by atoms with Gasteiger partial charge in [0.25, 0.3) is 0 Å². The van der Waals surface area contributed by atoms with Crippen LogP contribution in [0.25, 0.3) is 52.8 Å². The lowest BCUT2D eigenvalue weighted by atomic mass is 9.95. The highest BCUT2D eigenvalue weighted by Gasteiger charge is 2.28. The summed E-state index contributed by atoms with van der Waals surface area (Å²) in [5, 5.41) is 0. The summed E-state index contributed by atoms with van der Waals surface area (Å²) in [4.78, 5) is 9.00. The molecule has 404 valence electrons. The number of fused-ring (bicyclic) bond motifs is 1. The van der Waals surface area contributed by atoms with Crippen LogP contribution in [-0.4, -0.2) is 37.2 Å². The van der Waals surface area contributed by atoms with Gasteiger partial charge in [-0.25, -0.2) is 0 Å². The van der Waals surface area contributed by atoms with E-state index in [-0.39, 0.29) is 0 Å². The van der Waals surface area contributed by atoms with E-state index in [1.165, 1.54) is 48.5 Å². The van der Waals surface area contributed by atoms with E-state index in [1.54, 1.807) is 51.1 Å². The fourth-order valence-electron chi connectivity index (χ4n) is 10.3. The summed E-state index contributed by atoms with van der Waals surface area (Å²) in [5.41, 5.74) is 30.2. The van der Waals surface area contributed by atoms with E-state index >= 15 is 0 Å². The van der Waals surface area contributed by atoms with E-state index in [4.69, 9.17) is 39.2 Å². The maximum absolute atomic E-state index is 7.44. The molecule has 0 unspecified atom stereocenters. The Morgan fingerprint density at radius 2 is 0.684 bits per heavy atom. The van der Waals surface area contributed by atoms with Crippen LogP contribution in [0.4, 0.5) is 45.5 Å². The Hall–Kier alpha value is -7.84. The number of nitrogens with two attached hydrogens (primary N) is 2. The lowest BCUT2D eigenvalue weighted by Gasteiger charge is -2.26. The summed E-state index contributed by atoms with van der Waals surface area (Å²) in [6.07, 6.45) is 11.0. The van der Waals surface area contributed by atoms with Gasteiger partial charge in [0.2, 0.25) is 0 Å². The molecular weight excluding hydrogens is 1040 g/mol. The molecule has 10 aromatic rings. The van der Waals surface area contributed by atoms with E-state index in [0.29, 0.717) is 11.4 Å². The van der Waals surface area contributed by atoms with Crippen LogP contribution >= 0.6 is 34.4 Å². The van der Waals surface area contributed by atoms with Gasteiger partial charge in [0.1, 0.15) is 34.0 Å². The molecule has 3 aromatic heterocycles. The lowest BCUT2D eigenvalue weighted by Crippen LogP contribution is -2.09. The predicted octanol–water partition coefficient (Wildman–Crippen LogP) is 18.9. The minimum atomic E-state index is 0.553. The summed E-state index contributed by atoms with van der Waals surface area (Å²) in [5.74, 6) is 3.21. The number of anilines is 8. The molecule has 0 aliphatic rings. The van der Waals surface area contributed by atoms with Gasteiger partial charge in [-0.2, -0.15) is 8.75 Å². The van der Waals surface area contributed by atoms with Crippen molar-refractivity contribution in [3.8, 4) is 64.8 Å². The average Bonchev–Trinajstić information content (AvgIpc) is 4.29. The number of nitrogens with zero attached hydrogens (tertiary/aromatic N) is 4. The Morgan fingerprint density at radius 1 is 0.392 bits per heavy atom. The smallest absolute Gasteiger partial charge is 0.119 e. The Labute approximate surface area is 477 Å². The third kappa shape index (κ3) is 11.8. The molecule has 7 aromatic carbocycles. The summed E-state index contributed by atoms with van der Waals surface area (Å²) in [6.45, 7) is 4.51. The largest absolute Gasteiger partial charge is 0.497 e. The quantitative estimate of drug-likeness (QED) is 0.0447. The zero-order valence-electron chi connectivity index (χ0n) is 45.9. The van der Waals surface area contributed by atoms with Crippen LogP contribution in [0.1, 0.15) is 76.3 Å². The number of methoxy groups -OCH3 is 4. The van der Waals surface area contributed by atoms with Crippen molar-refractivity contribution in [1.82, 2.24) is 8.75 Å². The number of aromatic nitrogens is 2. The van der Waals surface area contributed by atoms with Crippen molar-refractivity contribution in [2.24, 2.45) is 0 Å². The predicted molar refractivity (Wildman–Crippen MR) is 335 cm³/mol. The minimum absolute atomic E-state index is 0.553. The molecule has 0 spiro atoms. The number of nitrogen functional groups attached to an aromatic ring is 2. The Morgan fingerprint density at radius 3 is 0.962 bits per heavy atom. The number of hydrogen-bond acceptors (Lipinski definition) is 13. The van der Waals surface area contributed by atoms with Gasteiger partial charge >= 0.3 is 0 Å². The molecule has 79 heavy (non-hydrogen) atoms. The van der Waals surface area contributed by atoms with Gasteiger partial charge in [0, 0.05) is 64.8 Å². The van der Waals surface area contributed by atoms with Crippen molar-refractivity contribution in [3.63, 3.8) is 0 Å². The number of unbranched alkanes of at least 4 members (excludes halogenated alkanes) is 6. The molecule has 0 fully saturated rings. The molecule has 13 heteroatoms. The third-order valence-electron chi connectivity index (χ3n) is 14.6. The van der Waals surface area contributed by atoms with Gasteiger partial charge in [-0.15, -0.1) is 22.7 Å². The molecule has 10 nitrogen and oxygen atoms in total. The highest BCUT2D eigenvalue weighted by molar-refractivity contribution is 7.19. The SMILES string of the molecule is CCCCCCc1cc(-c2ccc(N(c3ccc(OC)cc3)c3ccc(OC)cc3)cc2)sc1-c1c(N)c(N)c(-c2sc(-c3ccc(N(c4ccc(OC)cc4)c4ccc(OC)cc4)cc3)cc2CCCCCC)c2nsnc12. The van der Waals surface area contributed by atoms with Gasteiger partial charge < -0.3 is 40.2 Å². The average molecular weight is 1110 g/mol. The molecule has 0 atom stereocenters.